The average Bonchev–Trinajstić information content (AvgIpc) is 3.44. The highest BCUT2D eigenvalue weighted by Gasteiger charge is 2.37. The van der Waals surface area contributed by atoms with E-state index in [4.69, 9.17) is 0 Å². The molecule has 3 aromatic heterocycles. The van der Waals surface area contributed by atoms with Crippen molar-refractivity contribution in [1.82, 2.24) is 24.0 Å². The Kier molecular flexibility index (Phi) is 6.20. The second kappa shape index (κ2) is 9.11. The molecule has 7 nitrogen and oxygen atoms in total. The highest BCUT2D eigenvalue weighted by atomic mass is 32.1. The van der Waals surface area contributed by atoms with Crippen LogP contribution in [0.4, 0.5) is 41.8 Å². The SMILES string of the molecule is Cc1nsc(N2CCC(Nc3nc4c(-c5cc(C(F)(F)F)cc(C(F)(F)F)c5)cccn4n3)C(F)C2)n1. The molecular formula is C22H18F7N7S. The van der Waals surface area contributed by atoms with E-state index in [1.54, 1.807) is 11.8 Å². The fraction of sp³-hybridized carbons (Fsp3) is 0.364. The maximum atomic E-state index is 15.0. The van der Waals surface area contributed by atoms with Gasteiger partial charge in [-0.05, 0) is 49.2 Å². The Hall–Kier alpha value is -3.49. The van der Waals surface area contributed by atoms with E-state index in [1.165, 1.54) is 34.4 Å². The van der Waals surface area contributed by atoms with E-state index in [2.05, 4.69) is 24.8 Å². The van der Waals surface area contributed by atoms with Gasteiger partial charge in [0.05, 0.1) is 23.7 Å². The lowest BCUT2D eigenvalue weighted by Gasteiger charge is -2.34. The summed E-state index contributed by atoms with van der Waals surface area (Å²) >= 11 is 1.18. The molecule has 1 aliphatic rings. The lowest BCUT2D eigenvalue weighted by Crippen LogP contribution is -2.48. The van der Waals surface area contributed by atoms with Gasteiger partial charge in [0.25, 0.3) is 0 Å². The van der Waals surface area contributed by atoms with Gasteiger partial charge in [-0.1, -0.05) is 0 Å². The number of hydrogen-bond acceptors (Lipinski definition) is 7. The zero-order valence-electron chi connectivity index (χ0n) is 19.0. The molecule has 15 heteroatoms. The van der Waals surface area contributed by atoms with Crippen molar-refractivity contribution < 1.29 is 30.7 Å². The van der Waals surface area contributed by atoms with Crippen LogP contribution in [-0.2, 0) is 12.4 Å². The van der Waals surface area contributed by atoms with E-state index in [0.29, 0.717) is 36.1 Å². The standard InChI is InChI=1S/C22H18F7N7S/c1-11-30-20(37-34-11)35-6-4-17(16(23)10-35)31-19-32-18-15(3-2-5-36(18)33-19)12-7-13(21(24,25)26)9-14(8-12)22(27,28)29/h2-3,5,7-9,16-17H,4,6,10H2,1H3,(H,31,33). The number of pyridine rings is 1. The lowest BCUT2D eigenvalue weighted by molar-refractivity contribution is -0.143. The Morgan fingerprint density at radius 1 is 1.03 bits per heavy atom. The molecular weight excluding hydrogens is 527 g/mol. The number of nitrogens with zero attached hydrogens (tertiary/aromatic N) is 6. The number of nitrogens with one attached hydrogen (secondary N) is 1. The monoisotopic (exact) mass is 545 g/mol. The minimum Gasteiger partial charge on any atom is -0.347 e. The molecule has 1 fully saturated rings. The molecule has 1 N–H and O–H groups in total. The van der Waals surface area contributed by atoms with Crippen LogP contribution in [0.25, 0.3) is 16.8 Å². The second-order valence-corrected chi connectivity index (χ2v) is 9.28. The highest BCUT2D eigenvalue weighted by molar-refractivity contribution is 7.09. The molecule has 1 aliphatic heterocycles. The molecule has 0 radical (unpaired) electrons. The Bertz CT molecular complexity index is 1400. The molecule has 4 heterocycles. The van der Waals surface area contributed by atoms with Gasteiger partial charge < -0.3 is 10.2 Å². The van der Waals surface area contributed by atoms with Crippen LogP contribution < -0.4 is 10.2 Å². The summed E-state index contributed by atoms with van der Waals surface area (Å²) in [5.74, 6) is 0.604. The predicted octanol–water partition coefficient (Wildman–Crippen LogP) is 5.62. The third-order valence-electron chi connectivity index (χ3n) is 5.90. The fourth-order valence-corrected chi connectivity index (χ4v) is 4.83. The van der Waals surface area contributed by atoms with Gasteiger partial charge >= 0.3 is 12.4 Å². The minimum absolute atomic E-state index is 0.00308. The van der Waals surface area contributed by atoms with Crippen molar-refractivity contribution in [2.24, 2.45) is 0 Å². The smallest absolute Gasteiger partial charge is 0.347 e. The predicted molar refractivity (Wildman–Crippen MR) is 122 cm³/mol. The number of hydrogen-bond donors (Lipinski definition) is 1. The first-order valence-electron chi connectivity index (χ1n) is 11.0. The Labute approximate surface area is 209 Å². The number of anilines is 2. The molecule has 0 spiro atoms. The van der Waals surface area contributed by atoms with Crippen LogP contribution in [0.2, 0.25) is 0 Å². The van der Waals surface area contributed by atoms with Gasteiger partial charge in [-0.2, -0.15) is 35.7 Å². The number of rotatable bonds is 4. The topological polar surface area (TPSA) is 71.2 Å². The van der Waals surface area contributed by atoms with Crippen molar-refractivity contribution in [2.75, 3.05) is 23.3 Å². The summed E-state index contributed by atoms with van der Waals surface area (Å²) in [6.45, 7) is 2.30. The quantitative estimate of drug-likeness (QED) is 0.336. The van der Waals surface area contributed by atoms with Crippen molar-refractivity contribution >= 4 is 28.3 Å². The van der Waals surface area contributed by atoms with Gasteiger partial charge in [-0.3, -0.25) is 0 Å². The number of halogens is 7. The maximum Gasteiger partial charge on any atom is 0.416 e. The zero-order valence-corrected chi connectivity index (χ0v) is 19.8. The third kappa shape index (κ3) is 5.17. The van der Waals surface area contributed by atoms with Crippen LogP contribution in [0, 0.1) is 6.92 Å². The Balaban J connectivity index is 1.43. The van der Waals surface area contributed by atoms with E-state index >= 15 is 0 Å². The summed E-state index contributed by atoms with van der Waals surface area (Å²) in [7, 11) is 0. The van der Waals surface area contributed by atoms with Gasteiger partial charge in [0.15, 0.2) is 5.65 Å². The van der Waals surface area contributed by atoms with Crippen LogP contribution in [0.1, 0.15) is 23.4 Å². The van der Waals surface area contributed by atoms with Crippen molar-refractivity contribution in [3.8, 4) is 11.1 Å². The zero-order chi connectivity index (χ0) is 26.5. The first kappa shape index (κ1) is 25.2. The fourth-order valence-electron chi connectivity index (χ4n) is 4.12. The average molecular weight is 545 g/mol. The van der Waals surface area contributed by atoms with Crippen molar-refractivity contribution in [3.05, 3.63) is 53.5 Å². The van der Waals surface area contributed by atoms with Gasteiger partial charge in [-0.15, -0.1) is 5.10 Å². The van der Waals surface area contributed by atoms with E-state index in [-0.39, 0.29) is 35.3 Å². The van der Waals surface area contributed by atoms with E-state index < -0.39 is 35.7 Å². The summed E-state index contributed by atoms with van der Waals surface area (Å²) in [5.41, 5.74) is -3.16. The normalized spacial score (nSPS) is 19.0. The highest BCUT2D eigenvalue weighted by Crippen LogP contribution is 2.39. The largest absolute Gasteiger partial charge is 0.416 e. The maximum absolute atomic E-state index is 15.0. The molecule has 196 valence electrons. The molecule has 4 aromatic rings. The molecule has 1 saturated heterocycles. The molecule has 2 unspecified atom stereocenters. The summed E-state index contributed by atoms with van der Waals surface area (Å²) in [4.78, 5) is 10.3. The third-order valence-corrected chi connectivity index (χ3v) is 6.77. The van der Waals surface area contributed by atoms with E-state index in [9.17, 15) is 30.7 Å². The molecule has 0 aliphatic carbocycles. The number of alkyl halides is 7. The van der Waals surface area contributed by atoms with Gasteiger partial charge in [0, 0.05) is 29.8 Å². The van der Waals surface area contributed by atoms with Crippen molar-refractivity contribution in [2.45, 2.75) is 37.9 Å². The van der Waals surface area contributed by atoms with Crippen LogP contribution in [0.5, 0.6) is 0 Å². The first-order chi connectivity index (χ1) is 17.4. The summed E-state index contributed by atoms with van der Waals surface area (Å²) in [5, 5.41) is 7.73. The molecule has 5 rings (SSSR count). The minimum atomic E-state index is -4.99. The first-order valence-corrected chi connectivity index (χ1v) is 11.8. The summed E-state index contributed by atoms with van der Waals surface area (Å²) < 4.78 is 100. The van der Waals surface area contributed by atoms with E-state index in [0.717, 1.165) is 0 Å². The molecule has 1 aromatic carbocycles. The van der Waals surface area contributed by atoms with Crippen LogP contribution >= 0.6 is 11.5 Å². The van der Waals surface area contributed by atoms with Gasteiger partial charge in [0.1, 0.15) is 12.0 Å². The van der Waals surface area contributed by atoms with Crippen LogP contribution in [0.3, 0.4) is 0 Å². The lowest BCUT2D eigenvalue weighted by atomic mass is 10.00. The van der Waals surface area contributed by atoms with Crippen LogP contribution in [-0.4, -0.2) is 49.3 Å². The number of piperidine rings is 1. The van der Waals surface area contributed by atoms with Crippen molar-refractivity contribution in [1.29, 1.82) is 0 Å². The molecule has 0 bridgehead atoms. The molecule has 37 heavy (non-hydrogen) atoms. The second-order valence-electron chi connectivity index (χ2n) is 8.55. The van der Waals surface area contributed by atoms with Crippen LogP contribution in [0.15, 0.2) is 36.5 Å². The molecule has 2 atom stereocenters. The summed E-state index contributed by atoms with van der Waals surface area (Å²) in [6.07, 6.45) is -9.46. The number of benzene rings is 1. The van der Waals surface area contributed by atoms with Gasteiger partial charge in [0.2, 0.25) is 11.1 Å². The van der Waals surface area contributed by atoms with Gasteiger partial charge in [-0.25, -0.2) is 13.9 Å². The number of aromatic nitrogens is 5. The molecule has 0 saturated carbocycles. The molecule has 0 amide bonds. The van der Waals surface area contributed by atoms with E-state index in [1.807, 2.05) is 0 Å². The Morgan fingerprint density at radius 2 is 1.73 bits per heavy atom. The van der Waals surface area contributed by atoms with Crippen molar-refractivity contribution in [3.63, 3.8) is 0 Å². The summed E-state index contributed by atoms with van der Waals surface area (Å²) in [6, 6.07) is 3.45. The number of aryl methyl sites for hydroxylation is 1. The Morgan fingerprint density at radius 3 is 2.32 bits per heavy atom. The number of fused-ring (bicyclic) bond motifs is 1.